The van der Waals surface area contributed by atoms with Gasteiger partial charge >= 0.3 is 5.97 Å². The maximum atomic E-state index is 10.5. The molecule has 0 aliphatic heterocycles. The van der Waals surface area contributed by atoms with Gasteiger partial charge in [0, 0.05) is 5.56 Å². The van der Waals surface area contributed by atoms with Crippen molar-refractivity contribution in [2.24, 2.45) is 0 Å². The fraction of sp³-hybridized carbons (Fsp3) is 0.286. The smallest absolute Gasteiger partial charge is 0.309 e. The molecule has 4 heteroatoms. The summed E-state index contributed by atoms with van der Waals surface area (Å²) in [6.07, 6.45) is 1.26. The van der Waals surface area contributed by atoms with Crippen LogP contribution in [-0.4, -0.2) is 16.1 Å². The fourth-order valence-electron chi connectivity index (χ4n) is 1.45. The van der Waals surface area contributed by atoms with Gasteiger partial charge in [0.25, 0.3) is 0 Å². The Morgan fingerprint density at radius 2 is 2.11 bits per heavy atom. The number of hydrogen-bond donors (Lipinski definition) is 1. The highest BCUT2D eigenvalue weighted by Crippen LogP contribution is 2.19. The van der Waals surface area contributed by atoms with Gasteiger partial charge in [0.05, 0.1) is 12.1 Å². The second-order valence-electron chi connectivity index (χ2n) is 3.58. The van der Waals surface area contributed by atoms with Crippen LogP contribution in [-0.2, 0) is 11.2 Å². The van der Waals surface area contributed by atoms with Gasteiger partial charge in [-0.15, -0.1) is 0 Å². The number of carbonyl (C=O) groups is 1. The number of oxazole rings is 1. The summed E-state index contributed by atoms with van der Waals surface area (Å²) in [7, 11) is 0. The van der Waals surface area contributed by atoms with E-state index in [9.17, 15) is 4.79 Å². The van der Waals surface area contributed by atoms with E-state index < -0.39 is 5.97 Å². The summed E-state index contributed by atoms with van der Waals surface area (Å²) in [4.78, 5) is 14.6. The van der Waals surface area contributed by atoms with Crippen molar-refractivity contribution >= 4 is 5.97 Å². The van der Waals surface area contributed by atoms with Crippen LogP contribution >= 0.6 is 0 Å². The van der Waals surface area contributed by atoms with E-state index in [0.29, 0.717) is 11.6 Å². The molecular weight excluding hydrogens is 230 g/mol. The summed E-state index contributed by atoms with van der Waals surface area (Å²) in [5.41, 5.74) is 2.40. The molecule has 96 valence electrons. The van der Waals surface area contributed by atoms with Crippen LogP contribution in [0.1, 0.15) is 25.1 Å². The number of aromatic nitrogens is 1. The second kappa shape index (κ2) is 6.59. The van der Waals surface area contributed by atoms with Crippen molar-refractivity contribution in [1.82, 2.24) is 4.98 Å². The lowest BCUT2D eigenvalue weighted by Gasteiger charge is -1.96. The van der Waals surface area contributed by atoms with Crippen LogP contribution in [0.25, 0.3) is 11.5 Å². The van der Waals surface area contributed by atoms with Crippen LogP contribution in [0.5, 0.6) is 0 Å². The molecule has 0 spiro atoms. The average molecular weight is 247 g/mol. The third-order valence-electron chi connectivity index (χ3n) is 2.15. The van der Waals surface area contributed by atoms with Crippen molar-refractivity contribution in [3.63, 3.8) is 0 Å². The summed E-state index contributed by atoms with van der Waals surface area (Å²) in [6.45, 7) is 5.98. The molecule has 1 aromatic carbocycles. The van der Waals surface area contributed by atoms with E-state index in [1.165, 1.54) is 6.26 Å². The summed E-state index contributed by atoms with van der Waals surface area (Å²) in [5, 5.41) is 8.61. The van der Waals surface area contributed by atoms with Crippen molar-refractivity contribution in [1.29, 1.82) is 0 Å². The van der Waals surface area contributed by atoms with E-state index in [0.717, 1.165) is 11.1 Å². The number of rotatable bonds is 3. The van der Waals surface area contributed by atoms with Gasteiger partial charge in [0.1, 0.15) is 6.26 Å². The van der Waals surface area contributed by atoms with Gasteiger partial charge in [-0.25, -0.2) is 4.98 Å². The Balaban J connectivity index is 0.000000771. The molecule has 0 saturated heterocycles. The van der Waals surface area contributed by atoms with Crippen LogP contribution in [0.3, 0.4) is 0 Å². The molecule has 1 N–H and O–H groups in total. The number of carboxylic acids is 1. The zero-order chi connectivity index (χ0) is 13.5. The van der Waals surface area contributed by atoms with Gasteiger partial charge in [-0.2, -0.15) is 0 Å². The molecular formula is C14H17NO3. The van der Waals surface area contributed by atoms with Crippen molar-refractivity contribution in [2.75, 3.05) is 0 Å². The minimum Gasteiger partial charge on any atom is -0.481 e. The zero-order valence-corrected chi connectivity index (χ0v) is 10.8. The number of aliphatic carboxylic acids is 1. The van der Waals surface area contributed by atoms with E-state index in [1.54, 1.807) is 0 Å². The molecule has 0 aliphatic rings. The third kappa shape index (κ3) is 3.73. The molecule has 4 nitrogen and oxygen atoms in total. The standard InChI is InChI=1S/C12H11NO3.C2H6/c1-8-3-2-4-9(5-8)12-13-10(7-16-12)6-11(14)15;1-2/h2-5,7H,6H2,1H3,(H,14,15);1-2H3. The molecule has 18 heavy (non-hydrogen) atoms. The van der Waals surface area contributed by atoms with Gasteiger partial charge in [0.15, 0.2) is 0 Å². The van der Waals surface area contributed by atoms with Crippen LogP contribution < -0.4 is 0 Å². The normalized spacial score (nSPS) is 9.50. The molecule has 2 aromatic rings. The first-order valence-corrected chi connectivity index (χ1v) is 5.88. The Bertz CT molecular complexity index is 517. The fourth-order valence-corrected chi connectivity index (χ4v) is 1.45. The average Bonchev–Trinajstić information content (AvgIpc) is 2.79. The molecule has 0 amide bonds. The Hall–Kier alpha value is -2.10. The van der Waals surface area contributed by atoms with E-state index in [4.69, 9.17) is 9.52 Å². The minimum atomic E-state index is -0.913. The van der Waals surface area contributed by atoms with E-state index >= 15 is 0 Å². The summed E-state index contributed by atoms with van der Waals surface area (Å²) >= 11 is 0. The maximum absolute atomic E-state index is 10.5. The van der Waals surface area contributed by atoms with Gasteiger partial charge in [-0.3, -0.25) is 4.79 Å². The van der Waals surface area contributed by atoms with Gasteiger partial charge in [0.2, 0.25) is 5.89 Å². The second-order valence-corrected chi connectivity index (χ2v) is 3.58. The van der Waals surface area contributed by atoms with Crippen LogP contribution in [0, 0.1) is 6.92 Å². The lowest BCUT2D eigenvalue weighted by atomic mass is 10.1. The molecule has 0 saturated carbocycles. The van der Waals surface area contributed by atoms with Gasteiger partial charge in [-0.1, -0.05) is 31.5 Å². The molecule has 2 rings (SSSR count). The first kappa shape index (κ1) is 14.0. The zero-order valence-electron chi connectivity index (χ0n) is 10.8. The van der Waals surface area contributed by atoms with E-state index in [1.807, 2.05) is 45.0 Å². The van der Waals surface area contributed by atoms with Crippen molar-refractivity contribution in [3.05, 3.63) is 41.8 Å². The predicted molar refractivity (Wildman–Crippen MR) is 69.4 cm³/mol. The third-order valence-corrected chi connectivity index (χ3v) is 2.15. The topological polar surface area (TPSA) is 63.3 Å². The number of hydrogen-bond acceptors (Lipinski definition) is 3. The summed E-state index contributed by atoms with van der Waals surface area (Å²) in [6, 6.07) is 7.70. The number of nitrogens with zero attached hydrogens (tertiary/aromatic N) is 1. The Labute approximate surface area is 106 Å². The molecule has 0 fully saturated rings. The lowest BCUT2D eigenvalue weighted by Crippen LogP contribution is -1.99. The van der Waals surface area contributed by atoms with Gasteiger partial charge in [-0.05, 0) is 19.1 Å². The maximum Gasteiger partial charge on any atom is 0.309 e. The first-order chi connectivity index (χ1) is 8.65. The largest absolute Gasteiger partial charge is 0.481 e. The van der Waals surface area contributed by atoms with Crippen LogP contribution in [0.2, 0.25) is 0 Å². The molecule has 0 atom stereocenters. The minimum absolute atomic E-state index is 0.116. The molecule has 1 heterocycles. The SMILES string of the molecule is CC.Cc1cccc(-c2nc(CC(=O)O)co2)c1. The highest BCUT2D eigenvalue weighted by molar-refractivity contribution is 5.69. The molecule has 0 aliphatic carbocycles. The molecule has 0 radical (unpaired) electrons. The Morgan fingerprint density at radius 3 is 2.72 bits per heavy atom. The van der Waals surface area contributed by atoms with Crippen LogP contribution in [0.4, 0.5) is 0 Å². The molecule has 0 bridgehead atoms. The van der Waals surface area contributed by atoms with Crippen molar-refractivity contribution in [3.8, 4) is 11.5 Å². The van der Waals surface area contributed by atoms with Crippen molar-refractivity contribution < 1.29 is 14.3 Å². The van der Waals surface area contributed by atoms with E-state index in [2.05, 4.69) is 4.98 Å². The highest BCUT2D eigenvalue weighted by Gasteiger charge is 2.09. The van der Waals surface area contributed by atoms with Gasteiger partial charge < -0.3 is 9.52 Å². The van der Waals surface area contributed by atoms with E-state index in [-0.39, 0.29) is 6.42 Å². The number of carboxylic acid groups (broad SMARTS) is 1. The first-order valence-electron chi connectivity index (χ1n) is 5.88. The molecule has 0 unspecified atom stereocenters. The quantitative estimate of drug-likeness (QED) is 0.903. The van der Waals surface area contributed by atoms with Crippen LogP contribution in [0.15, 0.2) is 34.9 Å². The number of benzene rings is 1. The Morgan fingerprint density at radius 1 is 1.39 bits per heavy atom. The summed E-state index contributed by atoms with van der Waals surface area (Å²) < 4.78 is 5.23. The monoisotopic (exact) mass is 247 g/mol. The summed E-state index contributed by atoms with van der Waals surface area (Å²) in [5.74, 6) is -0.455. The Kier molecular flexibility index (Phi) is 5.11. The van der Waals surface area contributed by atoms with Crippen molar-refractivity contribution in [2.45, 2.75) is 27.2 Å². The lowest BCUT2D eigenvalue weighted by molar-refractivity contribution is -0.136. The highest BCUT2D eigenvalue weighted by atomic mass is 16.4. The predicted octanol–water partition coefficient (Wildman–Crippen LogP) is 3.30. The molecule has 1 aromatic heterocycles. The number of aryl methyl sites for hydroxylation is 1.